The Morgan fingerprint density at radius 3 is 2.56 bits per heavy atom. The lowest BCUT2D eigenvalue weighted by atomic mass is 9.90. The maximum atomic E-state index is 12.5. The van der Waals surface area contributed by atoms with Crippen LogP contribution in [0.3, 0.4) is 0 Å². The topological polar surface area (TPSA) is 61.8 Å². The molecule has 1 saturated heterocycles. The molecule has 1 aliphatic carbocycles. The van der Waals surface area contributed by atoms with Crippen molar-refractivity contribution < 1.29 is 14.6 Å². The number of amides is 1. The van der Waals surface area contributed by atoms with Gasteiger partial charge in [-0.25, -0.2) is 0 Å². The number of aliphatic hydroxyl groups excluding tert-OH is 1. The number of carbonyl (C=O) groups excluding carboxylic acids is 1. The van der Waals surface area contributed by atoms with Crippen molar-refractivity contribution in [3.63, 3.8) is 0 Å². The van der Waals surface area contributed by atoms with Crippen molar-refractivity contribution >= 4 is 5.91 Å². The second kappa shape index (κ2) is 8.79. The van der Waals surface area contributed by atoms with Crippen LogP contribution in [0.15, 0.2) is 30.3 Å². The molecule has 2 aliphatic rings. The Kier molecular flexibility index (Phi) is 6.45. The number of ether oxygens (including phenoxy) is 1. The maximum Gasteiger partial charge on any atom is 0.221 e. The van der Waals surface area contributed by atoms with E-state index in [4.69, 9.17) is 4.74 Å². The van der Waals surface area contributed by atoms with Crippen LogP contribution in [0.4, 0.5) is 0 Å². The average Bonchev–Trinajstić information content (AvgIpc) is 3.11. The Morgan fingerprint density at radius 2 is 1.88 bits per heavy atom. The second-order valence-electron chi connectivity index (χ2n) is 7.36. The first kappa shape index (κ1) is 18.4. The predicted molar refractivity (Wildman–Crippen MR) is 97.4 cm³/mol. The number of hydrogen-bond donors (Lipinski definition) is 2. The Hall–Kier alpha value is -1.43. The van der Waals surface area contributed by atoms with Gasteiger partial charge >= 0.3 is 0 Å². The third-order valence-electron chi connectivity index (χ3n) is 5.55. The summed E-state index contributed by atoms with van der Waals surface area (Å²) >= 11 is 0. The van der Waals surface area contributed by atoms with E-state index in [1.165, 1.54) is 12.8 Å². The van der Waals surface area contributed by atoms with E-state index in [1.54, 1.807) is 0 Å². The summed E-state index contributed by atoms with van der Waals surface area (Å²) in [5.41, 5.74) is 1.09. The Balaban J connectivity index is 1.48. The molecule has 2 fully saturated rings. The molecule has 0 unspecified atom stereocenters. The molecule has 138 valence electrons. The number of morpholine rings is 1. The summed E-state index contributed by atoms with van der Waals surface area (Å²) in [6.45, 7) is 3.68. The molecular weight excluding hydrogens is 316 g/mol. The third kappa shape index (κ3) is 5.03. The van der Waals surface area contributed by atoms with E-state index in [0.717, 1.165) is 44.7 Å². The van der Waals surface area contributed by atoms with E-state index in [-0.39, 0.29) is 11.4 Å². The van der Waals surface area contributed by atoms with Gasteiger partial charge in [0.2, 0.25) is 5.91 Å². The van der Waals surface area contributed by atoms with Gasteiger partial charge in [-0.15, -0.1) is 0 Å². The SMILES string of the molecule is O=C(CC1(N2CCOCC2)CCCC1)NC[C@@H](O)Cc1ccccc1. The minimum Gasteiger partial charge on any atom is -0.391 e. The highest BCUT2D eigenvalue weighted by molar-refractivity contribution is 5.77. The van der Waals surface area contributed by atoms with Crippen LogP contribution in [0.2, 0.25) is 0 Å². The summed E-state index contributed by atoms with van der Waals surface area (Å²) in [4.78, 5) is 15.0. The number of hydrogen-bond acceptors (Lipinski definition) is 4. The summed E-state index contributed by atoms with van der Waals surface area (Å²) in [6.07, 6.45) is 5.12. The second-order valence-corrected chi connectivity index (χ2v) is 7.36. The van der Waals surface area contributed by atoms with Gasteiger partial charge in [-0.2, -0.15) is 0 Å². The van der Waals surface area contributed by atoms with Crippen molar-refractivity contribution in [2.75, 3.05) is 32.8 Å². The predicted octanol–water partition coefficient (Wildman–Crippen LogP) is 1.74. The maximum absolute atomic E-state index is 12.5. The van der Waals surface area contributed by atoms with E-state index in [0.29, 0.717) is 19.4 Å². The molecule has 1 amide bonds. The van der Waals surface area contributed by atoms with E-state index in [2.05, 4.69) is 10.2 Å². The number of benzene rings is 1. The van der Waals surface area contributed by atoms with Gasteiger partial charge < -0.3 is 15.2 Å². The molecule has 25 heavy (non-hydrogen) atoms. The van der Waals surface area contributed by atoms with Crippen molar-refractivity contribution in [3.05, 3.63) is 35.9 Å². The number of rotatable bonds is 7. The molecule has 5 heteroatoms. The molecule has 5 nitrogen and oxygen atoms in total. The molecule has 1 heterocycles. The molecule has 1 aromatic carbocycles. The smallest absolute Gasteiger partial charge is 0.221 e. The van der Waals surface area contributed by atoms with E-state index >= 15 is 0 Å². The van der Waals surface area contributed by atoms with Gasteiger partial charge in [0, 0.05) is 38.0 Å². The van der Waals surface area contributed by atoms with Gasteiger partial charge in [-0.1, -0.05) is 43.2 Å². The molecule has 1 aliphatic heterocycles. The number of aliphatic hydroxyl groups is 1. The lowest BCUT2D eigenvalue weighted by Gasteiger charge is -2.43. The minimum atomic E-state index is -0.547. The number of nitrogens with one attached hydrogen (secondary N) is 1. The molecule has 1 atom stereocenters. The van der Waals surface area contributed by atoms with Crippen LogP contribution >= 0.6 is 0 Å². The van der Waals surface area contributed by atoms with Crippen LogP contribution in [-0.2, 0) is 16.0 Å². The zero-order chi connectivity index (χ0) is 17.5. The molecule has 3 rings (SSSR count). The monoisotopic (exact) mass is 346 g/mol. The number of nitrogens with zero attached hydrogens (tertiary/aromatic N) is 1. The standard InChI is InChI=1S/C20H30N2O3/c23-18(14-17-6-2-1-3-7-17)16-21-19(24)15-20(8-4-5-9-20)22-10-12-25-13-11-22/h1-3,6-7,18,23H,4-5,8-16H2,(H,21,24)/t18-/m0/s1. The molecule has 0 spiro atoms. The van der Waals surface area contributed by atoms with Gasteiger partial charge in [0.25, 0.3) is 0 Å². The average molecular weight is 346 g/mol. The lowest BCUT2D eigenvalue weighted by molar-refractivity contribution is -0.125. The molecule has 1 saturated carbocycles. The lowest BCUT2D eigenvalue weighted by Crippen LogP contribution is -2.54. The van der Waals surface area contributed by atoms with Crippen LogP contribution in [0.5, 0.6) is 0 Å². The first-order valence-electron chi connectivity index (χ1n) is 9.49. The Morgan fingerprint density at radius 1 is 1.20 bits per heavy atom. The quantitative estimate of drug-likeness (QED) is 0.789. The van der Waals surface area contributed by atoms with E-state index in [1.807, 2.05) is 30.3 Å². The van der Waals surface area contributed by atoms with Gasteiger partial charge in [0.1, 0.15) is 0 Å². The largest absolute Gasteiger partial charge is 0.391 e. The first-order valence-corrected chi connectivity index (χ1v) is 9.49. The molecule has 1 aromatic rings. The Labute approximate surface area is 150 Å². The van der Waals surface area contributed by atoms with Crippen molar-refractivity contribution in [1.29, 1.82) is 0 Å². The van der Waals surface area contributed by atoms with Crippen LogP contribution in [-0.4, -0.2) is 60.4 Å². The normalized spacial score (nSPS) is 21.8. The summed E-state index contributed by atoms with van der Waals surface area (Å²) in [5.74, 6) is 0.0560. The summed E-state index contributed by atoms with van der Waals surface area (Å²) in [5, 5.41) is 13.1. The van der Waals surface area contributed by atoms with Gasteiger partial charge in [0.15, 0.2) is 0 Å². The van der Waals surface area contributed by atoms with Crippen molar-refractivity contribution in [1.82, 2.24) is 10.2 Å². The Bertz CT molecular complexity index is 537. The molecule has 0 radical (unpaired) electrons. The summed E-state index contributed by atoms with van der Waals surface area (Å²) < 4.78 is 5.47. The van der Waals surface area contributed by atoms with Crippen LogP contribution in [0.1, 0.15) is 37.7 Å². The fourth-order valence-electron chi connectivity index (χ4n) is 4.23. The fourth-order valence-corrected chi connectivity index (χ4v) is 4.23. The highest BCUT2D eigenvalue weighted by Gasteiger charge is 2.41. The van der Waals surface area contributed by atoms with Crippen molar-refractivity contribution in [3.8, 4) is 0 Å². The molecule has 2 N–H and O–H groups in total. The van der Waals surface area contributed by atoms with Crippen LogP contribution < -0.4 is 5.32 Å². The third-order valence-corrected chi connectivity index (χ3v) is 5.55. The number of carbonyl (C=O) groups is 1. The van der Waals surface area contributed by atoms with Gasteiger partial charge in [-0.05, 0) is 18.4 Å². The first-order chi connectivity index (χ1) is 12.2. The molecule has 0 aromatic heterocycles. The zero-order valence-electron chi connectivity index (χ0n) is 15.0. The van der Waals surface area contributed by atoms with Crippen molar-refractivity contribution in [2.24, 2.45) is 0 Å². The minimum absolute atomic E-state index is 0.00174. The van der Waals surface area contributed by atoms with Gasteiger partial charge in [0.05, 0.1) is 19.3 Å². The molecule has 0 bridgehead atoms. The molecular formula is C20H30N2O3. The fraction of sp³-hybridized carbons (Fsp3) is 0.650. The summed E-state index contributed by atoms with van der Waals surface area (Å²) in [6, 6.07) is 9.89. The highest BCUT2D eigenvalue weighted by Crippen LogP contribution is 2.38. The van der Waals surface area contributed by atoms with Crippen LogP contribution in [0.25, 0.3) is 0 Å². The van der Waals surface area contributed by atoms with Gasteiger partial charge in [-0.3, -0.25) is 9.69 Å². The van der Waals surface area contributed by atoms with E-state index < -0.39 is 6.10 Å². The van der Waals surface area contributed by atoms with Crippen LogP contribution in [0, 0.1) is 0 Å². The highest BCUT2D eigenvalue weighted by atomic mass is 16.5. The summed E-state index contributed by atoms with van der Waals surface area (Å²) in [7, 11) is 0. The zero-order valence-corrected chi connectivity index (χ0v) is 15.0. The van der Waals surface area contributed by atoms with E-state index in [9.17, 15) is 9.90 Å². The van der Waals surface area contributed by atoms with Crippen molar-refractivity contribution in [2.45, 2.75) is 50.2 Å².